The molecule has 2 rings (SSSR count). The van der Waals surface area contributed by atoms with Crippen LogP contribution < -0.4 is 5.32 Å². The van der Waals surface area contributed by atoms with Crippen LogP contribution >= 0.6 is 0 Å². The third-order valence-corrected chi connectivity index (χ3v) is 7.34. The molecule has 0 amide bonds. The Morgan fingerprint density at radius 1 is 1.10 bits per heavy atom. The van der Waals surface area contributed by atoms with Gasteiger partial charge in [0.05, 0.1) is 5.69 Å². The molecule has 0 atom stereocenters. The zero-order chi connectivity index (χ0) is 16.1. The Balaban J connectivity index is 2.20. The van der Waals surface area contributed by atoms with Crippen molar-refractivity contribution in [1.29, 1.82) is 0 Å². The van der Waals surface area contributed by atoms with Gasteiger partial charge < -0.3 is 5.32 Å². The summed E-state index contributed by atoms with van der Waals surface area (Å²) in [4.78, 5) is 0.339. The minimum absolute atomic E-state index is 0.287. The Morgan fingerprint density at radius 3 is 2.10 bits per heavy atom. The average Bonchev–Trinajstić information content (AvgIpc) is 2.77. The Bertz CT molecular complexity index is 619. The van der Waals surface area contributed by atoms with Gasteiger partial charge in [-0.15, -0.1) is 0 Å². The largest absolute Gasteiger partial charge is 0.384 e. The number of hydrogen-bond acceptors (Lipinski definition) is 3. The van der Waals surface area contributed by atoms with Crippen LogP contribution in [0.25, 0.3) is 0 Å². The van der Waals surface area contributed by atoms with Crippen molar-refractivity contribution < 1.29 is 8.42 Å². The van der Waals surface area contributed by atoms with Crippen LogP contribution in [-0.4, -0.2) is 33.4 Å². The smallest absolute Gasteiger partial charge is 0.244 e. The number of para-hydroxylation sites is 1. The Hall–Kier alpha value is -1.07. The summed E-state index contributed by atoms with van der Waals surface area (Å²) in [6.07, 6.45) is 0. The zero-order valence-corrected chi connectivity index (χ0v) is 14.6. The Morgan fingerprint density at radius 2 is 1.62 bits per heavy atom. The van der Waals surface area contributed by atoms with E-state index in [1.165, 1.54) is 4.31 Å². The van der Waals surface area contributed by atoms with Gasteiger partial charge in [0.15, 0.2) is 0 Å². The molecular weight excluding hydrogens is 284 g/mol. The summed E-state index contributed by atoms with van der Waals surface area (Å²) in [5.41, 5.74) is 1.26. The second-order valence-electron chi connectivity index (χ2n) is 7.16. The van der Waals surface area contributed by atoms with Crippen LogP contribution in [0.15, 0.2) is 29.2 Å². The summed E-state index contributed by atoms with van der Waals surface area (Å²) >= 11 is 0. The molecular formula is C16H26N2O2S. The van der Waals surface area contributed by atoms with Crippen molar-refractivity contribution in [2.75, 3.05) is 26.0 Å². The van der Waals surface area contributed by atoms with Gasteiger partial charge in [0, 0.05) is 20.6 Å². The molecule has 118 valence electrons. The molecule has 1 aromatic carbocycles. The van der Waals surface area contributed by atoms with Crippen LogP contribution in [0.4, 0.5) is 5.69 Å². The second-order valence-corrected chi connectivity index (χ2v) is 9.28. The number of benzene rings is 1. The van der Waals surface area contributed by atoms with Gasteiger partial charge >= 0.3 is 0 Å². The van der Waals surface area contributed by atoms with Gasteiger partial charge in [0.25, 0.3) is 0 Å². The Labute approximate surface area is 128 Å². The minimum atomic E-state index is -3.42. The molecule has 1 aliphatic carbocycles. The molecule has 0 aromatic heterocycles. The zero-order valence-electron chi connectivity index (χ0n) is 13.8. The summed E-state index contributed by atoms with van der Waals surface area (Å²) in [5, 5.41) is 3.34. The van der Waals surface area contributed by atoms with Crippen molar-refractivity contribution in [3.8, 4) is 0 Å². The van der Waals surface area contributed by atoms with Crippen molar-refractivity contribution in [2.24, 2.45) is 16.7 Å². The highest BCUT2D eigenvalue weighted by Crippen LogP contribution is 2.68. The lowest BCUT2D eigenvalue weighted by atomic mass is 10.0. The summed E-state index contributed by atoms with van der Waals surface area (Å²) in [7, 11) is -0.312. The normalized spacial score (nSPS) is 20.5. The van der Waals surface area contributed by atoms with E-state index >= 15 is 0 Å². The molecule has 0 spiro atoms. The third kappa shape index (κ3) is 2.57. The molecule has 0 saturated heterocycles. The second kappa shape index (κ2) is 4.99. The van der Waals surface area contributed by atoms with Crippen LogP contribution in [-0.2, 0) is 10.0 Å². The first-order chi connectivity index (χ1) is 9.53. The fourth-order valence-electron chi connectivity index (χ4n) is 3.09. The Kier molecular flexibility index (Phi) is 3.87. The summed E-state index contributed by atoms with van der Waals surface area (Å²) in [6.45, 7) is 9.85. The highest BCUT2D eigenvalue weighted by molar-refractivity contribution is 7.89. The first kappa shape index (κ1) is 16.3. The fraction of sp³-hybridized carbons (Fsp3) is 0.625. The summed E-state index contributed by atoms with van der Waals surface area (Å²) in [6, 6.07) is 7.10. The third-order valence-electron chi connectivity index (χ3n) is 5.46. The molecule has 0 heterocycles. The van der Waals surface area contributed by atoms with Crippen molar-refractivity contribution >= 4 is 15.7 Å². The first-order valence-electron chi connectivity index (χ1n) is 7.28. The molecule has 5 heteroatoms. The lowest BCUT2D eigenvalue weighted by molar-refractivity contribution is 0.457. The van der Waals surface area contributed by atoms with E-state index in [2.05, 4.69) is 33.0 Å². The maximum Gasteiger partial charge on any atom is 0.244 e. The van der Waals surface area contributed by atoms with E-state index in [4.69, 9.17) is 0 Å². The molecule has 1 aliphatic rings. The molecule has 21 heavy (non-hydrogen) atoms. The van der Waals surface area contributed by atoms with Gasteiger partial charge in [-0.05, 0) is 28.9 Å². The molecule has 0 aliphatic heterocycles. The van der Waals surface area contributed by atoms with E-state index in [1.54, 1.807) is 26.2 Å². The monoisotopic (exact) mass is 310 g/mol. The highest BCUT2D eigenvalue weighted by Gasteiger charge is 2.64. The fourth-order valence-corrected chi connectivity index (χ4v) is 4.15. The number of nitrogens with one attached hydrogen (secondary N) is 1. The standard InChI is InChI=1S/C16H26N2O2S/c1-15(2)14(16(15,3)4)11-17-12-9-7-8-10-13(12)21(19,20)18(5)6/h7-10,14,17H,11H2,1-6H3. The number of sulfonamides is 1. The number of nitrogens with zero attached hydrogens (tertiary/aromatic N) is 1. The van der Waals surface area contributed by atoms with Crippen molar-refractivity contribution in [1.82, 2.24) is 4.31 Å². The lowest BCUT2D eigenvalue weighted by Gasteiger charge is -2.16. The van der Waals surface area contributed by atoms with Crippen LogP contribution in [0.2, 0.25) is 0 Å². The van der Waals surface area contributed by atoms with Crippen LogP contribution in [0.5, 0.6) is 0 Å². The van der Waals surface area contributed by atoms with Gasteiger partial charge in [-0.3, -0.25) is 0 Å². The van der Waals surface area contributed by atoms with Gasteiger partial charge in [0.2, 0.25) is 10.0 Å². The maximum absolute atomic E-state index is 12.4. The average molecular weight is 310 g/mol. The quantitative estimate of drug-likeness (QED) is 0.909. The summed E-state index contributed by atoms with van der Waals surface area (Å²) < 4.78 is 26.0. The molecule has 1 fully saturated rings. The van der Waals surface area contributed by atoms with Crippen LogP contribution in [0, 0.1) is 16.7 Å². The molecule has 0 radical (unpaired) electrons. The molecule has 1 saturated carbocycles. The van der Waals surface area contributed by atoms with Crippen molar-refractivity contribution in [3.05, 3.63) is 24.3 Å². The van der Waals surface area contributed by atoms with E-state index in [-0.39, 0.29) is 10.8 Å². The maximum atomic E-state index is 12.4. The SMILES string of the molecule is CN(C)S(=O)(=O)c1ccccc1NCC1C(C)(C)C1(C)C. The van der Waals surface area contributed by atoms with E-state index in [1.807, 2.05) is 12.1 Å². The highest BCUT2D eigenvalue weighted by atomic mass is 32.2. The van der Waals surface area contributed by atoms with Crippen LogP contribution in [0.1, 0.15) is 27.7 Å². The van der Waals surface area contributed by atoms with Gasteiger partial charge in [-0.25, -0.2) is 12.7 Å². The van der Waals surface area contributed by atoms with E-state index in [0.717, 1.165) is 6.54 Å². The number of rotatable bonds is 5. The van der Waals surface area contributed by atoms with E-state index < -0.39 is 10.0 Å². The van der Waals surface area contributed by atoms with Crippen molar-refractivity contribution in [3.63, 3.8) is 0 Å². The first-order valence-corrected chi connectivity index (χ1v) is 8.72. The molecule has 0 unspecified atom stereocenters. The van der Waals surface area contributed by atoms with E-state index in [9.17, 15) is 8.42 Å². The summed E-state index contributed by atoms with van der Waals surface area (Å²) in [5.74, 6) is 0.542. The number of anilines is 1. The minimum Gasteiger partial charge on any atom is -0.384 e. The van der Waals surface area contributed by atoms with Gasteiger partial charge in [-0.1, -0.05) is 39.8 Å². The topological polar surface area (TPSA) is 49.4 Å². The lowest BCUT2D eigenvalue weighted by Crippen LogP contribution is -2.23. The van der Waals surface area contributed by atoms with Gasteiger partial charge in [-0.2, -0.15) is 0 Å². The molecule has 4 nitrogen and oxygen atoms in total. The van der Waals surface area contributed by atoms with Crippen molar-refractivity contribution in [2.45, 2.75) is 32.6 Å². The van der Waals surface area contributed by atoms with E-state index in [0.29, 0.717) is 16.5 Å². The number of hydrogen-bond donors (Lipinski definition) is 1. The molecule has 0 bridgehead atoms. The molecule has 1 aromatic rings. The predicted molar refractivity (Wildman–Crippen MR) is 86.9 cm³/mol. The van der Waals surface area contributed by atoms with Gasteiger partial charge in [0.1, 0.15) is 4.90 Å². The van der Waals surface area contributed by atoms with Crippen LogP contribution in [0.3, 0.4) is 0 Å². The predicted octanol–water partition coefficient (Wildman–Crippen LogP) is 3.03. The molecule has 1 N–H and O–H groups in total.